The Morgan fingerprint density at radius 1 is 0.405 bits per heavy atom. The summed E-state index contributed by atoms with van der Waals surface area (Å²) < 4.78 is 17.9. The third-order valence-electron chi connectivity index (χ3n) is 14.4. The molecule has 15 rings (SSSR count). The van der Waals surface area contributed by atoms with Crippen LogP contribution < -0.4 is 0 Å². The summed E-state index contributed by atoms with van der Waals surface area (Å²) in [5, 5.41) is 18.8. The number of rotatable bonds is 6. The number of para-hydroxylation sites is 4. The van der Waals surface area contributed by atoms with Crippen LogP contribution in [0.3, 0.4) is 0 Å². The second kappa shape index (κ2) is 16.0. The monoisotopic (exact) mass is 945 g/mol. The van der Waals surface area contributed by atoms with Crippen LogP contribution in [0.4, 0.5) is 5.69 Å². The number of furan rings is 2. The Kier molecular flexibility index (Phi) is 8.88. The summed E-state index contributed by atoms with van der Waals surface area (Å²) in [6.07, 6.45) is 0. The lowest BCUT2D eigenvalue weighted by molar-refractivity contribution is 0.672. The van der Waals surface area contributed by atoms with Gasteiger partial charge in [0.1, 0.15) is 22.3 Å². The Balaban J connectivity index is 1.02. The molecule has 0 saturated heterocycles. The van der Waals surface area contributed by atoms with Gasteiger partial charge in [0.25, 0.3) is 0 Å². The van der Waals surface area contributed by atoms with Crippen molar-refractivity contribution in [2.45, 2.75) is 0 Å². The molecule has 0 saturated carbocycles. The van der Waals surface area contributed by atoms with Gasteiger partial charge in [-0.05, 0) is 90.0 Å². The first-order valence-corrected chi connectivity index (χ1v) is 24.3. The lowest BCUT2D eigenvalue weighted by Crippen LogP contribution is -2.06. The number of nitriles is 1. The molecule has 0 aliphatic carbocycles. The molecule has 0 atom stereocenters. The molecular weight excluding hydrogens is 911 g/mol. The van der Waals surface area contributed by atoms with E-state index < -0.39 is 0 Å². The highest BCUT2D eigenvalue weighted by atomic mass is 16.3. The zero-order valence-electron chi connectivity index (χ0n) is 39.2. The van der Waals surface area contributed by atoms with Gasteiger partial charge in [0.2, 0.25) is 0 Å². The minimum absolute atomic E-state index is 0.396. The molecule has 15 aromatic rings. The summed E-state index contributed by atoms with van der Waals surface area (Å²) in [5.74, 6) is 1.31. The van der Waals surface area contributed by atoms with E-state index in [1.807, 2.05) is 115 Å². The van der Waals surface area contributed by atoms with Crippen LogP contribution in [0, 0.1) is 17.9 Å². The maximum absolute atomic E-state index is 10.6. The maximum atomic E-state index is 10.6. The average molecular weight is 946 g/mol. The van der Waals surface area contributed by atoms with Crippen LogP contribution >= 0.6 is 0 Å². The predicted molar refractivity (Wildman–Crippen MR) is 296 cm³/mol. The number of aromatic nitrogens is 5. The van der Waals surface area contributed by atoms with E-state index >= 15 is 0 Å². The van der Waals surface area contributed by atoms with Gasteiger partial charge in [-0.2, -0.15) is 5.26 Å². The number of hydrogen-bond donors (Lipinski definition) is 0. The van der Waals surface area contributed by atoms with Crippen molar-refractivity contribution in [3.05, 3.63) is 229 Å². The highest BCUT2D eigenvalue weighted by Crippen LogP contribution is 2.45. The smallest absolute Gasteiger partial charge is 0.187 e. The van der Waals surface area contributed by atoms with Crippen LogP contribution in [-0.2, 0) is 0 Å². The summed E-state index contributed by atoms with van der Waals surface area (Å²) in [5.41, 5.74) is 13.9. The molecule has 0 spiro atoms. The molecule has 0 unspecified atom stereocenters. The van der Waals surface area contributed by atoms with E-state index in [0.29, 0.717) is 34.3 Å². The van der Waals surface area contributed by atoms with Gasteiger partial charge in [-0.3, -0.25) is 0 Å². The topological polar surface area (TPSA) is 103 Å². The molecular formula is C65H35N7O2. The fraction of sp³-hybridized carbons (Fsp3) is 0. The Morgan fingerprint density at radius 2 is 0.932 bits per heavy atom. The van der Waals surface area contributed by atoms with Gasteiger partial charge in [-0.15, -0.1) is 0 Å². The van der Waals surface area contributed by atoms with Crippen LogP contribution in [0.1, 0.15) is 5.56 Å². The van der Waals surface area contributed by atoms with Gasteiger partial charge < -0.3 is 18.0 Å². The number of hydrogen-bond acceptors (Lipinski definition) is 6. The molecule has 0 fully saturated rings. The van der Waals surface area contributed by atoms with Crippen molar-refractivity contribution in [3.63, 3.8) is 0 Å². The van der Waals surface area contributed by atoms with Crippen molar-refractivity contribution in [3.8, 4) is 62.7 Å². The van der Waals surface area contributed by atoms with E-state index in [0.717, 1.165) is 121 Å². The minimum Gasteiger partial charge on any atom is -0.455 e. The maximum Gasteiger partial charge on any atom is 0.187 e. The fourth-order valence-corrected chi connectivity index (χ4v) is 11.1. The zero-order valence-corrected chi connectivity index (χ0v) is 39.2. The molecule has 10 aromatic carbocycles. The molecule has 0 bridgehead atoms. The number of benzene rings is 10. The van der Waals surface area contributed by atoms with E-state index in [2.05, 4.69) is 117 Å². The molecule has 74 heavy (non-hydrogen) atoms. The minimum atomic E-state index is 0.396. The van der Waals surface area contributed by atoms with Gasteiger partial charge in [0.05, 0.1) is 62.4 Å². The van der Waals surface area contributed by atoms with E-state index in [1.165, 1.54) is 0 Å². The summed E-state index contributed by atoms with van der Waals surface area (Å²) in [6, 6.07) is 73.8. The molecule has 5 aromatic heterocycles. The largest absolute Gasteiger partial charge is 0.455 e. The van der Waals surface area contributed by atoms with Crippen LogP contribution in [0.25, 0.3) is 149 Å². The molecule has 0 radical (unpaired) electrons. The van der Waals surface area contributed by atoms with Gasteiger partial charge in [0.15, 0.2) is 23.2 Å². The summed E-state index contributed by atoms with van der Waals surface area (Å²) in [7, 11) is 0. The van der Waals surface area contributed by atoms with E-state index in [4.69, 9.17) is 30.4 Å². The highest BCUT2D eigenvalue weighted by molar-refractivity contribution is 6.25. The Morgan fingerprint density at radius 3 is 1.54 bits per heavy atom. The van der Waals surface area contributed by atoms with Gasteiger partial charge in [-0.1, -0.05) is 133 Å². The summed E-state index contributed by atoms with van der Waals surface area (Å²) in [6.45, 7) is 7.65. The Labute approximate surface area is 421 Å². The molecule has 342 valence electrons. The molecule has 0 aliphatic heterocycles. The Hall–Kier alpha value is -10.6. The number of fused-ring (bicyclic) bond motifs is 14. The first-order valence-electron chi connectivity index (χ1n) is 24.3. The lowest BCUT2D eigenvalue weighted by atomic mass is 10.0. The Bertz CT molecular complexity index is 4930. The van der Waals surface area contributed by atoms with Crippen LogP contribution in [0.15, 0.2) is 221 Å². The van der Waals surface area contributed by atoms with E-state index in [-0.39, 0.29) is 0 Å². The molecule has 0 N–H and O–H groups in total. The van der Waals surface area contributed by atoms with Gasteiger partial charge in [-0.25, -0.2) is 19.8 Å². The van der Waals surface area contributed by atoms with Gasteiger partial charge >= 0.3 is 0 Å². The normalized spacial score (nSPS) is 11.8. The van der Waals surface area contributed by atoms with Crippen molar-refractivity contribution in [1.29, 1.82) is 5.26 Å². The lowest BCUT2D eigenvalue weighted by Gasteiger charge is -2.17. The zero-order chi connectivity index (χ0) is 49.0. The van der Waals surface area contributed by atoms with Crippen molar-refractivity contribution in [2.75, 3.05) is 0 Å². The molecule has 9 nitrogen and oxygen atoms in total. The third-order valence-corrected chi connectivity index (χ3v) is 14.4. The average Bonchev–Trinajstić information content (AvgIpc) is 4.27. The van der Waals surface area contributed by atoms with Crippen LogP contribution in [0.2, 0.25) is 0 Å². The third kappa shape index (κ3) is 6.11. The second-order valence-corrected chi connectivity index (χ2v) is 18.5. The first-order chi connectivity index (χ1) is 36.6. The SMILES string of the molecule is [C-]#[N+]c1ccc(-c2ccc(-c3nc(-c4ccccc4)nc(-c4cc(C#N)ccc4-n4c5ccccc5c5c6oc7ccccc7c6ccc54)n3)c(-n3c4ccccc4c4c5oc6ccccc6c5ccc43)c2)cc1. The van der Waals surface area contributed by atoms with Crippen LogP contribution in [-0.4, -0.2) is 24.1 Å². The summed E-state index contributed by atoms with van der Waals surface area (Å²) >= 11 is 0. The first kappa shape index (κ1) is 41.2. The summed E-state index contributed by atoms with van der Waals surface area (Å²) in [4.78, 5) is 19.8. The van der Waals surface area contributed by atoms with Crippen molar-refractivity contribution in [2.24, 2.45) is 0 Å². The number of nitrogens with zero attached hydrogens (tertiary/aromatic N) is 7. The van der Waals surface area contributed by atoms with Crippen LogP contribution in [0.5, 0.6) is 0 Å². The van der Waals surface area contributed by atoms with E-state index in [9.17, 15) is 5.26 Å². The van der Waals surface area contributed by atoms with Crippen molar-refractivity contribution >= 4 is 93.2 Å². The fourth-order valence-electron chi connectivity index (χ4n) is 11.1. The molecule has 9 heteroatoms. The van der Waals surface area contributed by atoms with Crippen molar-refractivity contribution < 1.29 is 8.83 Å². The molecule has 0 amide bonds. The van der Waals surface area contributed by atoms with Gasteiger partial charge in [0, 0.05) is 49.0 Å². The molecule has 0 aliphatic rings. The highest BCUT2D eigenvalue weighted by Gasteiger charge is 2.26. The van der Waals surface area contributed by atoms with E-state index in [1.54, 1.807) is 0 Å². The standard InChI is InChI=1S/C65H35N7O2/c1-67-42-27-24-39(25-28-42)41-26-29-49(56(36-41)72-52-20-10-6-18-48(52)60-55(72)34-31-46-44-16-8-12-22-58(44)74-62(46)60)64-68-63(40-13-3-2-4-14-40)69-65(70-64)50-35-38(37-66)23-32-53(50)71-51-19-9-5-17-47(51)59-54(71)33-30-45-43-15-7-11-21-57(43)73-61(45)59/h2-36H. The van der Waals surface area contributed by atoms with Crippen molar-refractivity contribution in [1.82, 2.24) is 24.1 Å². The predicted octanol–water partition coefficient (Wildman–Crippen LogP) is 17.0. The quantitative estimate of drug-likeness (QED) is 0.154. The second-order valence-electron chi connectivity index (χ2n) is 18.5. The molecule has 5 heterocycles.